The number of fused-ring (bicyclic) bond motifs is 1. The van der Waals surface area contributed by atoms with Crippen LogP contribution in [0.4, 0.5) is 5.69 Å². The van der Waals surface area contributed by atoms with Crippen molar-refractivity contribution in [2.24, 2.45) is 0 Å². The average Bonchev–Trinajstić information content (AvgIpc) is 3.18. The van der Waals surface area contributed by atoms with Gasteiger partial charge in [-0.1, -0.05) is 12.1 Å². The molecule has 1 fully saturated rings. The standard InChI is InChI=1S/C23H28N4O3/c1-14-19(24-15(2)20(14)23(30)27-10-8-26(3)9-11-27)13-17-21-16(7-12-28)5-4-6-18(21)25-22(17)29/h4-6,13,24,28H,7-12H2,1-3H3,(H,25,29)/b17-13-. The van der Waals surface area contributed by atoms with Crippen LogP contribution in [-0.2, 0) is 11.2 Å². The summed E-state index contributed by atoms with van der Waals surface area (Å²) in [6, 6.07) is 5.67. The summed E-state index contributed by atoms with van der Waals surface area (Å²) >= 11 is 0. The number of amides is 2. The summed E-state index contributed by atoms with van der Waals surface area (Å²) in [5.74, 6) is -0.134. The van der Waals surface area contributed by atoms with Crippen LogP contribution in [0.25, 0.3) is 11.6 Å². The number of aliphatic hydroxyl groups is 1. The molecule has 1 aromatic carbocycles. The van der Waals surface area contributed by atoms with E-state index in [1.54, 1.807) is 0 Å². The fourth-order valence-electron chi connectivity index (χ4n) is 4.34. The molecule has 0 bridgehead atoms. The number of carbonyl (C=O) groups is 2. The van der Waals surface area contributed by atoms with Crippen molar-refractivity contribution in [1.29, 1.82) is 0 Å². The van der Waals surface area contributed by atoms with Crippen molar-refractivity contribution >= 4 is 29.2 Å². The first kappa shape index (κ1) is 20.4. The first-order valence-corrected chi connectivity index (χ1v) is 10.3. The minimum Gasteiger partial charge on any atom is -0.396 e. The number of aromatic nitrogens is 1. The molecule has 0 radical (unpaired) electrons. The molecule has 30 heavy (non-hydrogen) atoms. The molecule has 7 heteroatoms. The van der Waals surface area contributed by atoms with Crippen LogP contribution in [0.5, 0.6) is 0 Å². The maximum atomic E-state index is 13.2. The predicted molar refractivity (Wildman–Crippen MR) is 117 cm³/mol. The molecule has 7 nitrogen and oxygen atoms in total. The first-order valence-electron chi connectivity index (χ1n) is 10.3. The molecule has 2 aromatic rings. The highest BCUT2D eigenvalue weighted by molar-refractivity contribution is 6.35. The molecule has 2 aliphatic rings. The molecule has 0 unspecified atom stereocenters. The topological polar surface area (TPSA) is 88.7 Å². The number of rotatable bonds is 4. The molecule has 2 aliphatic heterocycles. The summed E-state index contributed by atoms with van der Waals surface area (Å²) in [6.45, 7) is 7.02. The van der Waals surface area contributed by atoms with Crippen molar-refractivity contribution in [3.63, 3.8) is 0 Å². The molecule has 3 N–H and O–H groups in total. The van der Waals surface area contributed by atoms with Crippen LogP contribution in [0.15, 0.2) is 18.2 Å². The summed E-state index contributed by atoms with van der Waals surface area (Å²) < 4.78 is 0. The van der Waals surface area contributed by atoms with E-state index in [9.17, 15) is 14.7 Å². The van der Waals surface area contributed by atoms with Crippen molar-refractivity contribution in [2.75, 3.05) is 45.2 Å². The number of carbonyl (C=O) groups excluding carboxylic acids is 2. The van der Waals surface area contributed by atoms with Gasteiger partial charge in [-0.15, -0.1) is 0 Å². The lowest BCUT2D eigenvalue weighted by molar-refractivity contribution is -0.110. The van der Waals surface area contributed by atoms with Gasteiger partial charge in [-0.2, -0.15) is 0 Å². The third-order valence-electron chi connectivity index (χ3n) is 6.06. The van der Waals surface area contributed by atoms with E-state index in [0.29, 0.717) is 17.6 Å². The average molecular weight is 409 g/mol. The second-order valence-corrected chi connectivity index (χ2v) is 8.08. The van der Waals surface area contributed by atoms with E-state index >= 15 is 0 Å². The van der Waals surface area contributed by atoms with E-state index < -0.39 is 0 Å². The van der Waals surface area contributed by atoms with Gasteiger partial charge < -0.3 is 25.2 Å². The smallest absolute Gasteiger partial charge is 0.256 e. The van der Waals surface area contributed by atoms with Crippen molar-refractivity contribution in [2.45, 2.75) is 20.3 Å². The highest BCUT2D eigenvalue weighted by atomic mass is 16.3. The maximum absolute atomic E-state index is 13.2. The Balaban J connectivity index is 1.71. The number of likely N-dealkylation sites (N-methyl/N-ethyl adjacent to an activating group) is 1. The zero-order chi connectivity index (χ0) is 21.4. The Morgan fingerprint density at radius 2 is 1.93 bits per heavy atom. The number of H-pyrrole nitrogens is 1. The summed E-state index contributed by atoms with van der Waals surface area (Å²) in [7, 11) is 2.06. The van der Waals surface area contributed by atoms with Gasteiger partial charge in [-0.05, 0) is 50.6 Å². The number of aliphatic hydroxyl groups excluding tert-OH is 1. The summed E-state index contributed by atoms with van der Waals surface area (Å²) in [5, 5.41) is 12.3. The van der Waals surface area contributed by atoms with Crippen LogP contribution >= 0.6 is 0 Å². The molecular formula is C23H28N4O3. The fraction of sp³-hybridized carbons (Fsp3) is 0.391. The molecule has 4 rings (SSSR count). The van der Waals surface area contributed by atoms with Gasteiger partial charge in [0, 0.05) is 55.4 Å². The molecule has 1 aromatic heterocycles. The van der Waals surface area contributed by atoms with Crippen molar-refractivity contribution in [3.8, 4) is 0 Å². The molecule has 0 saturated carbocycles. The normalized spacial score (nSPS) is 18.1. The number of hydrogen-bond donors (Lipinski definition) is 3. The Hall–Kier alpha value is -2.90. The van der Waals surface area contributed by atoms with Crippen molar-refractivity contribution in [1.82, 2.24) is 14.8 Å². The van der Waals surface area contributed by atoms with Gasteiger partial charge in [-0.3, -0.25) is 9.59 Å². The van der Waals surface area contributed by atoms with Gasteiger partial charge >= 0.3 is 0 Å². The van der Waals surface area contributed by atoms with Crippen molar-refractivity contribution in [3.05, 3.63) is 51.8 Å². The van der Waals surface area contributed by atoms with Gasteiger partial charge in [0.2, 0.25) is 0 Å². The second-order valence-electron chi connectivity index (χ2n) is 8.08. The Morgan fingerprint density at radius 3 is 2.63 bits per heavy atom. The number of hydrogen-bond acceptors (Lipinski definition) is 4. The van der Waals surface area contributed by atoms with Gasteiger partial charge in [0.15, 0.2) is 0 Å². The Kier molecular flexibility index (Phi) is 5.49. The lowest BCUT2D eigenvalue weighted by Crippen LogP contribution is -2.47. The summed E-state index contributed by atoms with van der Waals surface area (Å²) in [6.07, 6.45) is 2.30. The van der Waals surface area contributed by atoms with Gasteiger partial charge in [0.05, 0.1) is 11.1 Å². The van der Waals surface area contributed by atoms with Crippen LogP contribution in [0.1, 0.15) is 38.4 Å². The van der Waals surface area contributed by atoms with E-state index in [4.69, 9.17) is 0 Å². The summed E-state index contributed by atoms with van der Waals surface area (Å²) in [5.41, 5.74) is 6.18. The zero-order valence-corrected chi connectivity index (χ0v) is 17.7. The number of benzene rings is 1. The number of anilines is 1. The molecule has 1 saturated heterocycles. The van der Waals surface area contributed by atoms with Gasteiger partial charge in [0.1, 0.15) is 0 Å². The van der Waals surface area contributed by atoms with Crippen LogP contribution in [0.3, 0.4) is 0 Å². The molecular weight excluding hydrogens is 380 g/mol. The number of aromatic amines is 1. The monoisotopic (exact) mass is 408 g/mol. The number of nitrogens with zero attached hydrogens (tertiary/aromatic N) is 2. The van der Waals surface area contributed by atoms with E-state index in [1.165, 1.54) is 0 Å². The third-order valence-corrected chi connectivity index (χ3v) is 6.06. The Bertz CT molecular complexity index is 1030. The molecule has 2 amide bonds. The van der Waals surface area contributed by atoms with E-state index in [1.807, 2.05) is 43.0 Å². The third kappa shape index (κ3) is 3.55. The quantitative estimate of drug-likeness (QED) is 0.676. The molecule has 158 valence electrons. The second kappa shape index (κ2) is 8.08. The highest BCUT2D eigenvalue weighted by Gasteiger charge is 2.29. The minimum atomic E-state index is -0.172. The van der Waals surface area contributed by atoms with E-state index in [2.05, 4.69) is 22.2 Å². The number of piperazine rings is 1. The van der Waals surface area contributed by atoms with Gasteiger partial charge in [0.25, 0.3) is 11.8 Å². The largest absolute Gasteiger partial charge is 0.396 e. The lowest BCUT2D eigenvalue weighted by atomic mass is 9.97. The number of nitrogens with one attached hydrogen (secondary N) is 2. The molecule has 0 spiro atoms. The molecule has 0 aliphatic carbocycles. The first-order chi connectivity index (χ1) is 14.4. The highest BCUT2D eigenvalue weighted by Crippen LogP contribution is 2.36. The Morgan fingerprint density at radius 1 is 1.20 bits per heavy atom. The van der Waals surface area contributed by atoms with Crippen LogP contribution in [0, 0.1) is 13.8 Å². The SMILES string of the molecule is Cc1[nH]c(/C=C2\C(=O)Nc3cccc(CCO)c32)c(C)c1C(=O)N1CCN(C)CC1. The molecule has 3 heterocycles. The van der Waals surface area contributed by atoms with Crippen LogP contribution < -0.4 is 5.32 Å². The lowest BCUT2D eigenvalue weighted by Gasteiger charge is -2.32. The summed E-state index contributed by atoms with van der Waals surface area (Å²) in [4.78, 5) is 33.3. The maximum Gasteiger partial charge on any atom is 0.256 e. The number of aryl methyl sites for hydroxylation is 1. The van der Waals surface area contributed by atoms with E-state index in [-0.39, 0.29) is 18.4 Å². The van der Waals surface area contributed by atoms with E-state index in [0.717, 1.165) is 59.9 Å². The van der Waals surface area contributed by atoms with Crippen LogP contribution in [0.2, 0.25) is 0 Å². The van der Waals surface area contributed by atoms with Crippen LogP contribution in [-0.4, -0.2) is 71.5 Å². The van der Waals surface area contributed by atoms with Gasteiger partial charge in [-0.25, -0.2) is 0 Å². The zero-order valence-electron chi connectivity index (χ0n) is 17.7. The molecule has 0 atom stereocenters. The Labute approximate surface area is 176 Å². The van der Waals surface area contributed by atoms with Crippen molar-refractivity contribution < 1.29 is 14.7 Å². The minimum absolute atomic E-state index is 0.0161. The predicted octanol–water partition coefficient (Wildman–Crippen LogP) is 2.05. The fourth-order valence-corrected chi connectivity index (χ4v) is 4.34.